The molecule has 0 radical (unpaired) electrons. The van der Waals surface area contributed by atoms with Crippen LogP contribution in [0.15, 0.2) is 30.3 Å². The highest BCUT2D eigenvalue weighted by atomic mass is 35.5. The second-order valence-electron chi connectivity index (χ2n) is 14.0. The van der Waals surface area contributed by atoms with E-state index in [4.69, 9.17) is 30.8 Å². The molecule has 2 fully saturated rings. The molecule has 52 heavy (non-hydrogen) atoms. The first kappa shape index (κ1) is 44.2. The van der Waals surface area contributed by atoms with Gasteiger partial charge in [0.2, 0.25) is 0 Å². The third kappa shape index (κ3) is 11.6. The van der Waals surface area contributed by atoms with Crippen LogP contribution in [0.4, 0.5) is 5.82 Å². The average molecular weight is 764 g/mol. The summed E-state index contributed by atoms with van der Waals surface area (Å²) in [5.41, 5.74) is 2.77. The van der Waals surface area contributed by atoms with Gasteiger partial charge in [0, 0.05) is 29.9 Å². The lowest BCUT2D eigenvalue weighted by molar-refractivity contribution is -0.224. The molecule has 11 heteroatoms. The number of hydrogen-bond donors (Lipinski definition) is 2. The third-order valence-electron chi connectivity index (χ3n) is 10.5. The normalized spacial score (nSPS) is 27.9. The van der Waals surface area contributed by atoms with Gasteiger partial charge in [-0.05, 0) is 113 Å². The largest absolute Gasteiger partial charge is 0.489 e. The second kappa shape index (κ2) is 22.9. The number of carbonyl (C=O) groups excluding carboxylic acids is 1. The molecule has 1 aromatic carbocycles. The SMILES string of the molecule is CC.CC.CCCc1cc(Cl)ccc1C1COc2ccc3nc2N(C1)CC1CCC1C(C1OCCCO1)CCCC(C)C(C)S(=O)NC3=O.CNC. The molecule has 2 N–H and O–H groups in total. The van der Waals surface area contributed by atoms with Crippen molar-refractivity contribution in [1.82, 2.24) is 15.0 Å². The quantitative estimate of drug-likeness (QED) is 0.320. The lowest BCUT2D eigenvalue weighted by atomic mass is 9.65. The second-order valence-corrected chi connectivity index (χ2v) is 16.0. The van der Waals surface area contributed by atoms with Crippen LogP contribution in [0.1, 0.15) is 121 Å². The monoisotopic (exact) mass is 762 g/mol. The van der Waals surface area contributed by atoms with Crippen LogP contribution < -0.4 is 19.7 Å². The maximum Gasteiger partial charge on any atom is 0.281 e. The number of fused-ring (bicyclic) bond motifs is 2. The highest BCUT2D eigenvalue weighted by molar-refractivity contribution is 7.84. The van der Waals surface area contributed by atoms with Gasteiger partial charge in [-0.2, -0.15) is 0 Å². The lowest BCUT2D eigenvalue weighted by Gasteiger charge is -2.47. The van der Waals surface area contributed by atoms with Crippen LogP contribution in [-0.4, -0.2) is 73.6 Å². The van der Waals surface area contributed by atoms with Gasteiger partial charge >= 0.3 is 0 Å². The molecule has 1 saturated carbocycles. The Morgan fingerprint density at radius 1 is 0.962 bits per heavy atom. The molecule has 2 bridgehead atoms. The van der Waals surface area contributed by atoms with E-state index in [9.17, 15) is 9.00 Å². The fourth-order valence-electron chi connectivity index (χ4n) is 7.64. The molecule has 4 heterocycles. The van der Waals surface area contributed by atoms with E-state index in [2.05, 4.69) is 40.9 Å². The molecule has 1 aromatic heterocycles. The summed E-state index contributed by atoms with van der Waals surface area (Å²) in [5, 5.41) is 3.32. The molecule has 3 aliphatic heterocycles. The third-order valence-corrected chi connectivity index (χ3v) is 12.3. The van der Waals surface area contributed by atoms with E-state index in [1.165, 1.54) is 11.1 Å². The Morgan fingerprint density at radius 2 is 1.67 bits per heavy atom. The summed E-state index contributed by atoms with van der Waals surface area (Å²) < 4.78 is 34.9. The predicted octanol–water partition coefficient (Wildman–Crippen LogP) is 8.57. The number of benzene rings is 1. The Balaban J connectivity index is 0.000000975. The lowest BCUT2D eigenvalue weighted by Crippen LogP contribution is -2.47. The minimum absolute atomic E-state index is 0.107. The van der Waals surface area contributed by atoms with Gasteiger partial charge in [0.25, 0.3) is 5.91 Å². The number of halogens is 1. The van der Waals surface area contributed by atoms with Crippen molar-refractivity contribution in [2.75, 3.05) is 51.9 Å². The van der Waals surface area contributed by atoms with Crippen molar-refractivity contribution in [1.29, 1.82) is 0 Å². The fourth-order valence-corrected chi connectivity index (χ4v) is 8.86. The zero-order valence-corrected chi connectivity index (χ0v) is 34.9. The molecule has 7 unspecified atom stereocenters. The van der Waals surface area contributed by atoms with Gasteiger partial charge in [-0.1, -0.05) is 72.1 Å². The number of amides is 1. The van der Waals surface area contributed by atoms with E-state index in [1.54, 1.807) is 6.07 Å². The van der Waals surface area contributed by atoms with Crippen LogP contribution in [-0.2, 0) is 26.9 Å². The smallest absolute Gasteiger partial charge is 0.281 e. The van der Waals surface area contributed by atoms with Gasteiger partial charge in [-0.3, -0.25) is 9.52 Å². The molecule has 1 aliphatic carbocycles. The average Bonchev–Trinajstić information content (AvgIpc) is 3.33. The maximum atomic E-state index is 13.4. The summed E-state index contributed by atoms with van der Waals surface area (Å²) in [6.07, 6.45) is 8.00. The Bertz CT molecular complexity index is 1390. The minimum atomic E-state index is -1.53. The zero-order valence-electron chi connectivity index (χ0n) is 33.3. The Morgan fingerprint density at radius 3 is 2.33 bits per heavy atom. The molecular weight excluding hydrogens is 696 g/mol. The molecule has 4 aliphatic rings. The van der Waals surface area contributed by atoms with Gasteiger partial charge in [0.05, 0.1) is 25.1 Å². The predicted molar refractivity (Wildman–Crippen MR) is 216 cm³/mol. The topological polar surface area (TPSA) is 102 Å². The van der Waals surface area contributed by atoms with Crippen molar-refractivity contribution in [3.8, 4) is 5.75 Å². The van der Waals surface area contributed by atoms with Crippen LogP contribution >= 0.6 is 11.6 Å². The van der Waals surface area contributed by atoms with Crippen molar-refractivity contribution in [2.24, 2.45) is 23.7 Å². The van der Waals surface area contributed by atoms with E-state index in [1.807, 2.05) is 60.8 Å². The molecule has 1 saturated heterocycles. The number of aryl methyl sites for hydroxylation is 1. The van der Waals surface area contributed by atoms with Crippen LogP contribution in [0.25, 0.3) is 0 Å². The summed E-state index contributed by atoms with van der Waals surface area (Å²) in [6.45, 7) is 17.8. The van der Waals surface area contributed by atoms with Crippen molar-refractivity contribution >= 4 is 34.3 Å². The zero-order chi connectivity index (χ0) is 38.2. The van der Waals surface area contributed by atoms with Crippen LogP contribution in [0.2, 0.25) is 5.02 Å². The van der Waals surface area contributed by atoms with Crippen molar-refractivity contribution in [3.05, 3.63) is 52.2 Å². The van der Waals surface area contributed by atoms with E-state index in [0.29, 0.717) is 42.5 Å². The Hall–Kier alpha value is -2.24. The number of nitrogens with zero attached hydrogens (tertiary/aromatic N) is 2. The molecule has 6 rings (SSSR count). The molecule has 1 amide bonds. The molecule has 294 valence electrons. The number of rotatable bonds is 4. The van der Waals surface area contributed by atoms with Crippen molar-refractivity contribution in [2.45, 2.75) is 117 Å². The number of pyridine rings is 1. The van der Waals surface area contributed by atoms with E-state index < -0.39 is 16.9 Å². The summed E-state index contributed by atoms with van der Waals surface area (Å²) in [5.74, 6) is 2.48. The number of hydrogen-bond acceptors (Lipinski definition) is 8. The first-order chi connectivity index (χ1) is 25.2. The van der Waals surface area contributed by atoms with Crippen LogP contribution in [0.5, 0.6) is 5.75 Å². The van der Waals surface area contributed by atoms with Crippen LogP contribution in [0.3, 0.4) is 0 Å². The van der Waals surface area contributed by atoms with Gasteiger partial charge in [-0.25, -0.2) is 9.19 Å². The van der Waals surface area contributed by atoms with Gasteiger partial charge in [-0.15, -0.1) is 0 Å². The van der Waals surface area contributed by atoms with E-state index in [0.717, 1.165) is 76.1 Å². The first-order valence-corrected chi connectivity index (χ1v) is 21.5. The first-order valence-electron chi connectivity index (χ1n) is 19.9. The number of carbonyl (C=O) groups is 1. The molecule has 2 aromatic rings. The summed E-state index contributed by atoms with van der Waals surface area (Å²) in [4.78, 5) is 20.6. The van der Waals surface area contributed by atoms with Crippen molar-refractivity contribution < 1.29 is 23.2 Å². The van der Waals surface area contributed by atoms with E-state index in [-0.39, 0.29) is 29.1 Å². The van der Waals surface area contributed by atoms with Crippen LogP contribution in [0, 0.1) is 23.7 Å². The standard InChI is InChI=1S/C35H48ClN3O5S.C2H7N.2C2H6/c1-4-7-24-18-27(36)11-13-28(24)26-20-39-19-25-10-12-29(25)30(35-42-16-6-17-43-35)9-5-8-22(2)23(3)45(41)38-34(40)31-14-15-32(44-21-26)33(39)37-31;1-3-2;2*1-2/h11,13-15,18,22-23,25-26,29-30,35H,4-10,12,16-17,19-21H2,1-3H3,(H,38,40);3H,1-2H3;2*1-2H3. The molecule has 0 spiro atoms. The molecule has 9 nitrogen and oxygen atoms in total. The van der Waals surface area contributed by atoms with E-state index >= 15 is 0 Å². The Labute approximate surface area is 322 Å². The fraction of sp³-hybridized carbons (Fsp3) is 0.707. The summed E-state index contributed by atoms with van der Waals surface area (Å²) in [6, 6.07) is 9.75. The number of nitrogens with one attached hydrogen (secondary N) is 2. The van der Waals surface area contributed by atoms with Gasteiger partial charge < -0.3 is 24.4 Å². The molecular formula is C41H67ClN4O5S. The van der Waals surface area contributed by atoms with Gasteiger partial charge in [0.1, 0.15) is 16.7 Å². The number of anilines is 1. The summed E-state index contributed by atoms with van der Waals surface area (Å²) in [7, 11) is 2.22. The Kier molecular flexibility index (Phi) is 19.4. The number of ether oxygens (including phenoxy) is 3. The highest BCUT2D eigenvalue weighted by Crippen LogP contribution is 2.46. The highest BCUT2D eigenvalue weighted by Gasteiger charge is 2.43. The molecule has 7 atom stereocenters. The van der Waals surface area contributed by atoms with Gasteiger partial charge in [0.15, 0.2) is 17.9 Å². The minimum Gasteiger partial charge on any atom is -0.489 e. The van der Waals surface area contributed by atoms with Crippen molar-refractivity contribution in [3.63, 3.8) is 0 Å². The number of aromatic nitrogens is 1. The summed E-state index contributed by atoms with van der Waals surface area (Å²) >= 11 is 6.44. The maximum absolute atomic E-state index is 13.4.